The summed E-state index contributed by atoms with van der Waals surface area (Å²) in [6.45, 7) is 3.31. The van der Waals surface area contributed by atoms with Crippen LogP contribution in [0.1, 0.15) is 17.2 Å². The maximum absolute atomic E-state index is 12.2. The summed E-state index contributed by atoms with van der Waals surface area (Å²) in [5.41, 5.74) is 4.42. The van der Waals surface area contributed by atoms with Crippen LogP contribution in [-0.4, -0.2) is 0 Å². The summed E-state index contributed by atoms with van der Waals surface area (Å²) < 4.78 is 41.1. The first-order chi connectivity index (χ1) is 5.96. The van der Waals surface area contributed by atoms with Crippen LogP contribution in [0, 0.1) is 0 Å². The van der Waals surface area contributed by atoms with Gasteiger partial charge in [-0.05, 0) is 0 Å². The van der Waals surface area contributed by atoms with Crippen LogP contribution in [-0.2, 0) is 6.18 Å². The van der Waals surface area contributed by atoms with Gasteiger partial charge in [-0.25, -0.2) is 0 Å². The molecule has 0 saturated carbocycles. The molecular formula is C8H8F3NO. The van der Waals surface area contributed by atoms with Crippen LogP contribution in [0.4, 0.5) is 13.2 Å². The zero-order chi connectivity index (χ0) is 10.1. The molecule has 0 aromatic carbocycles. The molecule has 0 fully saturated rings. The lowest BCUT2D eigenvalue weighted by atomic mass is 10.1. The predicted octanol–water partition coefficient (Wildman–Crippen LogP) is 2.48. The largest absolute Gasteiger partial charge is 0.472 e. The van der Waals surface area contributed by atoms with Gasteiger partial charge in [-0.2, -0.15) is 13.2 Å². The van der Waals surface area contributed by atoms with Crippen molar-refractivity contribution in [3.8, 4) is 0 Å². The lowest BCUT2D eigenvalue weighted by Gasteiger charge is -2.09. The van der Waals surface area contributed by atoms with E-state index in [9.17, 15) is 13.2 Å². The molecule has 1 aromatic rings. The molecular weight excluding hydrogens is 183 g/mol. The Kier molecular flexibility index (Phi) is 2.47. The van der Waals surface area contributed by atoms with Crippen LogP contribution < -0.4 is 5.73 Å². The number of halogens is 3. The molecule has 72 valence electrons. The van der Waals surface area contributed by atoms with Gasteiger partial charge in [0.1, 0.15) is 6.26 Å². The summed E-state index contributed by atoms with van der Waals surface area (Å²) in [7, 11) is 0. The molecule has 1 atom stereocenters. The Bertz CT molecular complexity index is 303. The summed E-state index contributed by atoms with van der Waals surface area (Å²) >= 11 is 0. The van der Waals surface area contributed by atoms with E-state index in [4.69, 9.17) is 5.73 Å². The highest BCUT2D eigenvalue weighted by molar-refractivity contribution is 5.29. The van der Waals surface area contributed by atoms with Crippen molar-refractivity contribution in [1.82, 2.24) is 0 Å². The second kappa shape index (κ2) is 3.26. The number of alkyl halides is 3. The fourth-order valence-electron chi connectivity index (χ4n) is 0.922. The first kappa shape index (κ1) is 9.85. The van der Waals surface area contributed by atoms with Gasteiger partial charge < -0.3 is 10.2 Å². The lowest BCUT2D eigenvalue weighted by molar-refractivity contribution is -0.138. The fraction of sp³-hybridized carbons (Fsp3) is 0.250. The van der Waals surface area contributed by atoms with Crippen molar-refractivity contribution in [2.24, 2.45) is 5.73 Å². The minimum atomic E-state index is -4.43. The molecule has 1 aromatic heterocycles. The molecule has 2 N–H and O–H groups in total. The normalized spacial score (nSPS) is 14.2. The quantitative estimate of drug-likeness (QED) is 0.729. The van der Waals surface area contributed by atoms with Crippen LogP contribution in [0.25, 0.3) is 0 Å². The maximum atomic E-state index is 12.2. The van der Waals surface area contributed by atoms with Crippen LogP contribution in [0.5, 0.6) is 0 Å². The molecule has 5 heteroatoms. The Morgan fingerprint density at radius 1 is 1.46 bits per heavy atom. The van der Waals surface area contributed by atoms with E-state index in [1.807, 2.05) is 0 Å². The fourth-order valence-corrected chi connectivity index (χ4v) is 0.922. The van der Waals surface area contributed by atoms with Gasteiger partial charge in [-0.15, -0.1) is 6.58 Å². The van der Waals surface area contributed by atoms with E-state index in [0.717, 1.165) is 6.26 Å². The average Bonchev–Trinajstić information content (AvgIpc) is 2.49. The van der Waals surface area contributed by atoms with Gasteiger partial charge in [0.25, 0.3) is 0 Å². The van der Waals surface area contributed by atoms with E-state index in [2.05, 4.69) is 11.0 Å². The molecule has 0 spiro atoms. The first-order valence-corrected chi connectivity index (χ1v) is 3.48. The molecule has 0 aliphatic carbocycles. The van der Waals surface area contributed by atoms with Crippen molar-refractivity contribution in [3.05, 3.63) is 36.3 Å². The second-order valence-corrected chi connectivity index (χ2v) is 2.50. The van der Waals surface area contributed by atoms with Gasteiger partial charge in [0.2, 0.25) is 0 Å². The summed E-state index contributed by atoms with van der Waals surface area (Å²) in [6, 6.07) is -0.852. The monoisotopic (exact) mass is 191 g/mol. The number of hydrogen-bond acceptors (Lipinski definition) is 2. The van der Waals surface area contributed by atoms with Crippen molar-refractivity contribution in [2.75, 3.05) is 0 Å². The zero-order valence-electron chi connectivity index (χ0n) is 6.64. The summed E-state index contributed by atoms with van der Waals surface area (Å²) in [6.07, 6.45) is -1.59. The second-order valence-electron chi connectivity index (χ2n) is 2.50. The third-order valence-corrected chi connectivity index (χ3v) is 1.61. The molecule has 13 heavy (non-hydrogen) atoms. The molecule has 1 rings (SSSR count). The van der Waals surface area contributed by atoms with Crippen LogP contribution in [0.2, 0.25) is 0 Å². The van der Waals surface area contributed by atoms with E-state index in [0.29, 0.717) is 6.26 Å². The number of nitrogens with two attached hydrogens (primary N) is 1. The molecule has 0 aliphatic heterocycles. The highest BCUT2D eigenvalue weighted by Crippen LogP contribution is 2.34. The Labute approximate surface area is 72.8 Å². The minimum absolute atomic E-state index is 0.0949. The van der Waals surface area contributed by atoms with Gasteiger partial charge in [-0.1, -0.05) is 6.08 Å². The Morgan fingerprint density at radius 3 is 2.54 bits per heavy atom. The Hall–Kier alpha value is -1.23. The molecule has 2 nitrogen and oxygen atoms in total. The van der Waals surface area contributed by atoms with Crippen molar-refractivity contribution >= 4 is 0 Å². The van der Waals surface area contributed by atoms with Gasteiger partial charge >= 0.3 is 6.18 Å². The van der Waals surface area contributed by atoms with E-state index in [1.54, 1.807) is 0 Å². The minimum Gasteiger partial charge on any atom is -0.472 e. The first-order valence-electron chi connectivity index (χ1n) is 3.48. The molecule has 0 amide bonds. The maximum Gasteiger partial charge on any atom is 0.419 e. The summed E-state index contributed by atoms with van der Waals surface area (Å²) in [5, 5.41) is 0. The van der Waals surface area contributed by atoms with Crippen molar-refractivity contribution in [1.29, 1.82) is 0 Å². The summed E-state index contributed by atoms with van der Waals surface area (Å²) in [5.74, 6) is 0. The average molecular weight is 191 g/mol. The van der Waals surface area contributed by atoms with Crippen LogP contribution in [0.15, 0.2) is 29.6 Å². The number of rotatable bonds is 2. The Balaban J connectivity index is 3.10. The third kappa shape index (κ3) is 1.92. The van der Waals surface area contributed by atoms with Crippen molar-refractivity contribution in [2.45, 2.75) is 12.2 Å². The van der Waals surface area contributed by atoms with Crippen molar-refractivity contribution < 1.29 is 17.6 Å². The number of furan rings is 1. The molecule has 0 saturated heterocycles. The highest BCUT2D eigenvalue weighted by Gasteiger charge is 2.35. The van der Waals surface area contributed by atoms with E-state index in [-0.39, 0.29) is 5.56 Å². The predicted molar refractivity (Wildman–Crippen MR) is 40.8 cm³/mol. The smallest absolute Gasteiger partial charge is 0.419 e. The zero-order valence-corrected chi connectivity index (χ0v) is 6.64. The molecule has 0 radical (unpaired) electrons. The molecule has 0 bridgehead atoms. The van der Waals surface area contributed by atoms with Gasteiger partial charge in [-0.3, -0.25) is 0 Å². The van der Waals surface area contributed by atoms with Crippen LogP contribution >= 0.6 is 0 Å². The van der Waals surface area contributed by atoms with Gasteiger partial charge in [0.05, 0.1) is 17.9 Å². The standard InChI is InChI=1S/C8H8F3NO/c1-2-7(12)5-3-13-4-6(5)8(9,10)11/h2-4,7H,1,12H2. The SMILES string of the molecule is C=CC(N)c1cocc1C(F)(F)F. The molecule has 1 unspecified atom stereocenters. The van der Waals surface area contributed by atoms with Crippen LogP contribution in [0.3, 0.4) is 0 Å². The van der Waals surface area contributed by atoms with Gasteiger partial charge in [0, 0.05) is 5.56 Å². The number of hydrogen-bond donors (Lipinski definition) is 1. The third-order valence-electron chi connectivity index (χ3n) is 1.61. The van der Waals surface area contributed by atoms with E-state index >= 15 is 0 Å². The van der Waals surface area contributed by atoms with Crippen molar-refractivity contribution in [3.63, 3.8) is 0 Å². The molecule has 0 aliphatic rings. The van der Waals surface area contributed by atoms with Gasteiger partial charge in [0.15, 0.2) is 0 Å². The molecule has 1 heterocycles. The highest BCUT2D eigenvalue weighted by atomic mass is 19.4. The summed E-state index contributed by atoms with van der Waals surface area (Å²) in [4.78, 5) is 0. The Morgan fingerprint density at radius 2 is 2.08 bits per heavy atom. The topological polar surface area (TPSA) is 39.2 Å². The van der Waals surface area contributed by atoms with E-state index < -0.39 is 17.8 Å². The van der Waals surface area contributed by atoms with E-state index in [1.165, 1.54) is 6.08 Å². The lowest BCUT2D eigenvalue weighted by Crippen LogP contribution is -2.13.